The van der Waals surface area contributed by atoms with Crippen molar-refractivity contribution in [2.24, 2.45) is 0 Å². The average molecular weight is 525 g/mol. The van der Waals surface area contributed by atoms with E-state index in [0.717, 1.165) is 22.4 Å². The van der Waals surface area contributed by atoms with E-state index in [2.05, 4.69) is 4.90 Å². The Labute approximate surface area is 218 Å². The van der Waals surface area contributed by atoms with Crippen molar-refractivity contribution in [3.63, 3.8) is 0 Å². The van der Waals surface area contributed by atoms with Gasteiger partial charge < -0.3 is 14.6 Å². The molecule has 9 heteroatoms. The molecule has 1 aliphatic heterocycles. The number of hydrogen-bond acceptors (Lipinski definition) is 6. The van der Waals surface area contributed by atoms with Crippen LogP contribution in [0.2, 0.25) is 0 Å². The first-order valence-corrected chi connectivity index (χ1v) is 13.6. The quantitative estimate of drug-likeness (QED) is 0.432. The van der Waals surface area contributed by atoms with Crippen molar-refractivity contribution in [1.29, 1.82) is 0 Å². The van der Waals surface area contributed by atoms with Crippen molar-refractivity contribution < 1.29 is 27.8 Å². The third kappa shape index (κ3) is 6.88. The smallest absolute Gasteiger partial charge is 0.307 e. The molecule has 0 radical (unpaired) electrons. The van der Waals surface area contributed by atoms with Crippen LogP contribution in [0, 0.1) is 6.92 Å². The highest BCUT2D eigenvalue weighted by Crippen LogP contribution is 2.26. The molecule has 0 spiro atoms. The molecule has 1 N–H and O–H groups in total. The van der Waals surface area contributed by atoms with E-state index >= 15 is 0 Å². The maximum atomic E-state index is 13.0. The molecule has 8 nitrogen and oxygen atoms in total. The number of hydrogen-bond donors (Lipinski definition) is 1. The second-order valence-corrected chi connectivity index (χ2v) is 11.1. The molecule has 4 rings (SSSR count). The molecule has 1 heterocycles. The Morgan fingerprint density at radius 3 is 2.19 bits per heavy atom. The Hall–Kier alpha value is -3.40. The fourth-order valence-corrected chi connectivity index (χ4v) is 5.71. The molecule has 3 aromatic carbocycles. The Kier molecular flexibility index (Phi) is 8.48. The predicted molar refractivity (Wildman–Crippen MR) is 140 cm³/mol. The zero-order valence-electron chi connectivity index (χ0n) is 21.1. The fourth-order valence-electron chi connectivity index (χ4n) is 4.29. The first-order valence-electron chi connectivity index (χ1n) is 12.1. The van der Waals surface area contributed by atoms with Crippen LogP contribution in [-0.2, 0) is 34.4 Å². The van der Waals surface area contributed by atoms with Gasteiger partial charge in [-0.25, -0.2) is 8.42 Å². The standard InChI is InChI=1S/C28H32N2O6S/c1-21-3-10-26(11-4-21)37(33,34)30-15-13-29(14-16-30)19-24-17-23(18-28(31)32)7-12-27(24)36-20-22-5-8-25(35-2)9-6-22/h3-12,17H,13-16,18-20H2,1-2H3,(H,31,32). The van der Waals surface area contributed by atoms with Gasteiger partial charge >= 0.3 is 5.97 Å². The maximum Gasteiger partial charge on any atom is 0.307 e. The van der Waals surface area contributed by atoms with Gasteiger partial charge in [0.15, 0.2) is 0 Å². The minimum Gasteiger partial charge on any atom is -0.497 e. The van der Waals surface area contributed by atoms with Crippen molar-refractivity contribution in [2.45, 2.75) is 31.4 Å². The Morgan fingerprint density at radius 1 is 0.919 bits per heavy atom. The van der Waals surface area contributed by atoms with Crippen LogP contribution in [0.25, 0.3) is 0 Å². The van der Waals surface area contributed by atoms with E-state index < -0.39 is 16.0 Å². The van der Waals surface area contributed by atoms with Crippen molar-refractivity contribution in [3.05, 3.63) is 89.0 Å². The Balaban J connectivity index is 1.44. The van der Waals surface area contributed by atoms with E-state index in [1.807, 2.05) is 43.3 Å². The molecule has 1 aliphatic rings. The molecule has 37 heavy (non-hydrogen) atoms. The van der Waals surface area contributed by atoms with Crippen LogP contribution in [-0.4, -0.2) is 62.0 Å². The molecule has 0 saturated carbocycles. The van der Waals surface area contributed by atoms with Gasteiger partial charge in [-0.2, -0.15) is 4.31 Å². The van der Waals surface area contributed by atoms with E-state index in [0.29, 0.717) is 55.5 Å². The largest absolute Gasteiger partial charge is 0.497 e. The maximum absolute atomic E-state index is 13.0. The molecule has 196 valence electrons. The zero-order chi connectivity index (χ0) is 26.4. The number of benzene rings is 3. The summed E-state index contributed by atoms with van der Waals surface area (Å²) in [6.45, 7) is 4.70. The fraction of sp³-hybridized carbons (Fsp3) is 0.321. The van der Waals surface area contributed by atoms with Crippen molar-refractivity contribution in [2.75, 3.05) is 33.3 Å². The van der Waals surface area contributed by atoms with Crippen LogP contribution in [0.4, 0.5) is 0 Å². The molecule has 1 fully saturated rings. The van der Waals surface area contributed by atoms with Gasteiger partial charge in [-0.1, -0.05) is 42.0 Å². The van der Waals surface area contributed by atoms with Gasteiger partial charge in [0.05, 0.1) is 18.4 Å². The molecule has 3 aromatic rings. The van der Waals surface area contributed by atoms with Crippen LogP contribution in [0.15, 0.2) is 71.6 Å². The van der Waals surface area contributed by atoms with E-state index in [1.54, 1.807) is 37.4 Å². The number of piperazine rings is 1. The summed E-state index contributed by atoms with van der Waals surface area (Å²) in [6.07, 6.45) is -0.0751. The number of rotatable bonds is 10. The van der Waals surface area contributed by atoms with Crippen molar-refractivity contribution in [3.8, 4) is 11.5 Å². The minimum absolute atomic E-state index is 0.0751. The van der Waals surface area contributed by atoms with E-state index in [-0.39, 0.29) is 6.42 Å². The lowest BCUT2D eigenvalue weighted by Gasteiger charge is -2.34. The number of aliphatic carboxylic acids is 1. The molecule has 0 aliphatic carbocycles. The monoisotopic (exact) mass is 524 g/mol. The molecule has 0 amide bonds. The molecular weight excluding hydrogens is 492 g/mol. The highest BCUT2D eigenvalue weighted by atomic mass is 32.2. The highest BCUT2D eigenvalue weighted by Gasteiger charge is 2.28. The van der Waals surface area contributed by atoms with Crippen LogP contribution in [0.3, 0.4) is 0 Å². The lowest BCUT2D eigenvalue weighted by molar-refractivity contribution is -0.136. The van der Waals surface area contributed by atoms with Gasteiger partial charge in [0, 0.05) is 38.3 Å². The van der Waals surface area contributed by atoms with Gasteiger partial charge in [-0.05, 0) is 48.4 Å². The van der Waals surface area contributed by atoms with Gasteiger partial charge in [-0.15, -0.1) is 0 Å². The summed E-state index contributed by atoms with van der Waals surface area (Å²) < 4.78 is 38.9. The number of ether oxygens (including phenoxy) is 2. The topological polar surface area (TPSA) is 96.4 Å². The number of aryl methyl sites for hydroxylation is 1. The number of methoxy groups -OCH3 is 1. The lowest BCUT2D eigenvalue weighted by atomic mass is 10.1. The van der Waals surface area contributed by atoms with Crippen molar-refractivity contribution in [1.82, 2.24) is 9.21 Å². The number of nitrogens with zero attached hydrogens (tertiary/aromatic N) is 2. The van der Waals surface area contributed by atoms with Gasteiger partial charge in [0.2, 0.25) is 10.0 Å². The normalized spacial score (nSPS) is 14.9. The third-order valence-electron chi connectivity index (χ3n) is 6.42. The summed E-state index contributed by atoms with van der Waals surface area (Å²) in [7, 11) is -1.92. The average Bonchev–Trinajstić information content (AvgIpc) is 2.89. The summed E-state index contributed by atoms with van der Waals surface area (Å²) in [6, 6.07) is 20.0. The van der Waals surface area contributed by atoms with Crippen LogP contribution >= 0.6 is 0 Å². The number of carboxylic acids is 1. The summed E-state index contributed by atoms with van der Waals surface area (Å²) >= 11 is 0. The Morgan fingerprint density at radius 2 is 1.57 bits per heavy atom. The third-order valence-corrected chi connectivity index (χ3v) is 8.33. The first-order chi connectivity index (χ1) is 17.7. The van der Waals surface area contributed by atoms with E-state index in [9.17, 15) is 18.3 Å². The van der Waals surface area contributed by atoms with Crippen LogP contribution in [0.1, 0.15) is 22.3 Å². The summed E-state index contributed by atoms with van der Waals surface area (Å²) in [4.78, 5) is 13.7. The van der Waals surface area contributed by atoms with Gasteiger partial charge in [0.1, 0.15) is 18.1 Å². The zero-order valence-corrected chi connectivity index (χ0v) is 21.9. The molecule has 0 aromatic heterocycles. The number of sulfonamides is 1. The lowest BCUT2D eigenvalue weighted by Crippen LogP contribution is -2.48. The summed E-state index contributed by atoms with van der Waals surface area (Å²) in [5.74, 6) is 0.554. The second-order valence-electron chi connectivity index (χ2n) is 9.14. The molecule has 1 saturated heterocycles. The summed E-state index contributed by atoms with van der Waals surface area (Å²) in [5.41, 5.74) is 3.57. The summed E-state index contributed by atoms with van der Waals surface area (Å²) in [5, 5.41) is 9.24. The number of carbonyl (C=O) groups is 1. The predicted octanol–water partition coefficient (Wildman–Crippen LogP) is 3.72. The minimum atomic E-state index is -3.54. The van der Waals surface area contributed by atoms with Crippen molar-refractivity contribution >= 4 is 16.0 Å². The highest BCUT2D eigenvalue weighted by molar-refractivity contribution is 7.89. The molecule has 0 bridgehead atoms. The van der Waals surface area contributed by atoms with Crippen LogP contribution in [0.5, 0.6) is 11.5 Å². The van der Waals surface area contributed by atoms with E-state index in [4.69, 9.17) is 9.47 Å². The van der Waals surface area contributed by atoms with Gasteiger partial charge in [0.25, 0.3) is 0 Å². The first kappa shape index (κ1) is 26.7. The molecule has 0 unspecified atom stereocenters. The molecule has 0 atom stereocenters. The second kappa shape index (κ2) is 11.8. The van der Waals surface area contributed by atoms with Crippen LogP contribution < -0.4 is 9.47 Å². The Bertz CT molecular complexity index is 1320. The number of carboxylic acid groups (broad SMARTS) is 1. The van der Waals surface area contributed by atoms with Gasteiger partial charge in [-0.3, -0.25) is 9.69 Å². The van der Waals surface area contributed by atoms with E-state index in [1.165, 1.54) is 4.31 Å². The SMILES string of the molecule is COc1ccc(COc2ccc(CC(=O)O)cc2CN2CCN(S(=O)(=O)c3ccc(C)cc3)CC2)cc1. The molecular formula is C28H32N2O6S.